The lowest BCUT2D eigenvalue weighted by atomic mass is 10.0. The number of para-hydroxylation sites is 1. The average Bonchev–Trinajstić information content (AvgIpc) is 3.20. The normalized spacial score (nSPS) is 18.2. The Labute approximate surface area is 163 Å². The van der Waals surface area contributed by atoms with Crippen LogP contribution in [0.3, 0.4) is 0 Å². The van der Waals surface area contributed by atoms with Crippen molar-refractivity contribution in [3.8, 4) is 5.75 Å². The third-order valence-corrected chi connectivity index (χ3v) is 5.16. The minimum atomic E-state index is -0.496. The van der Waals surface area contributed by atoms with E-state index in [1.54, 1.807) is 18.1 Å². The molecule has 0 radical (unpaired) electrons. The molecule has 2 aliphatic rings. The molecule has 1 N–H and O–H groups in total. The molecule has 148 valence electrons. The van der Waals surface area contributed by atoms with E-state index in [0.29, 0.717) is 57.2 Å². The van der Waals surface area contributed by atoms with Crippen molar-refractivity contribution in [2.24, 2.45) is 0 Å². The predicted octanol–water partition coefficient (Wildman–Crippen LogP) is 2.08. The number of amides is 1. The molecular formula is C20H24N4O4. The maximum Gasteiger partial charge on any atom is 0.272 e. The predicted molar refractivity (Wildman–Crippen MR) is 102 cm³/mol. The molecule has 28 heavy (non-hydrogen) atoms. The van der Waals surface area contributed by atoms with E-state index in [1.807, 2.05) is 24.3 Å². The molecular weight excluding hydrogens is 360 g/mol. The number of methoxy groups -OCH3 is 1. The van der Waals surface area contributed by atoms with Crippen LogP contribution in [0.4, 0.5) is 5.82 Å². The minimum Gasteiger partial charge on any atom is -0.496 e. The molecule has 8 heteroatoms. The van der Waals surface area contributed by atoms with Gasteiger partial charge in [-0.25, -0.2) is 9.97 Å². The van der Waals surface area contributed by atoms with Gasteiger partial charge in [0.2, 0.25) is 0 Å². The van der Waals surface area contributed by atoms with Crippen LogP contribution in [-0.4, -0.2) is 60.0 Å². The van der Waals surface area contributed by atoms with Crippen LogP contribution >= 0.6 is 0 Å². The van der Waals surface area contributed by atoms with Gasteiger partial charge < -0.3 is 24.4 Å². The van der Waals surface area contributed by atoms with Crippen molar-refractivity contribution in [1.29, 1.82) is 0 Å². The van der Waals surface area contributed by atoms with Crippen LogP contribution in [0.1, 0.15) is 28.9 Å². The summed E-state index contributed by atoms with van der Waals surface area (Å²) in [6.45, 7) is 2.97. The number of hydrogen-bond donors (Lipinski definition) is 1. The molecule has 0 unspecified atom stereocenters. The average molecular weight is 384 g/mol. The molecule has 2 saturated heterocycles. The van der Waals surface area contributed by atoms with Gasteiger partial charge in [0, 0.05) is 44.1 Å². The first-order valence-corrected chi connectivity index (χ1v) is 9.44. The zero-order valence-corrected chi connectivity index (χ0v) is 15.9. The van der Waals surface area contributed by atoms with Crippen LogP contribution in [0.5, 0.6) is 5.75 Å². The zero-order valence-electron chi connectivity index (χ0n) is 15.9. The fourth-order valence-electron chi connectivity index (χ4n) is 3.60. The van der Waals surface area contributed by atoms with Gasteiger partial charge in [-0.1, -0.05) is 18.2 Å². The fraction of sp³-hybridized carbons (Fsp3) is 0.450. The Bertz CT molecular complexity index is 828. The maximum absolute atomic E-state index is 12.8. The second-order valence-electron chi connectivity index (χ2n) is 6.85. The van der Waals surface area contributed by atoms with Gasteiger partial charge in [0.25, 0.3) is 5.91 Å². The second kappa shape index (κ2) is 8.12. The summed E-state index contributed by atoms with van der Waals surface area (Å²) < 4.78 is 16.8. The van der Waals surface area contributed by atoms with Crippen LogP contribution in [0, 0.1) is 0 Å². The van der Waals surface area contributed by atoms with Gasteiger partial charge in [0.05, 0.1) is 20.3 Å². The fourth-order valence-corrected chi connectivity index (χ4v) is 3.60. The van der Waals surface area contributed by atoms with Crippen LogP contribution in [0.15, 0.2) is 36.7 Å². The van der Waals surface area contributed by atoms with E-state index in [2.05, 4.69) is 15.3 Å². The molecule has 1 aromatic carbocycles. The van der Waals surface area contributed by atoms with Crippen LogP contribution in [0.25, 0.3) is 0 Å². The second-order valence-corrected chi connectivity index (χ2v) is 6.85. The van der Waals surface area contributed by atoms with Crippen molar-refractivity contribution < 1.29 is 19.0 Å². The molecule has 2 aromatic rings. The Balaban J connectivity index is 1.38. The van der Waals surface area contributed by atoms with Gasteiger partial charge in [-0.15, -0.1) is 0 Å². The lowest BCUT2D eigenvalue weighted by Gasteiger charge is -2.37. The van der Waals surface area contributed by atoms with Crippen LogP contribution in [-0.2, 0) is 16.0 Å². The number of rotatable bonds is 5. The summed E-state index contributed by atoms with van der Waals surface area (Å²) in [5, 5.41) is 3.23. The Morgan fingerprint density at radius 1 is 1.21 bits per heavy atom. The molecule has 1 spiro atoms. The number of aromatic nitrogens is 2. The zero-order chi connectivity index (χ0) is 19.4. The Kier molecular flexibility index (Phi) is 5.40. The van der Waals surface area contributed by atoms with Crippen molar-refractivity contribution in [1.82, 2.24) is 14.9 Å². The summed E-state index contributed by atoms with van der Waals surface area (Å²) in [4.78, 5) is 23.0. The Morgan fingerprint density at radius 2 is 1.96 bits per heavy atom. The first kappa shape index (κ1) is 18.6. The molecule has 0 bridgehead atoms. The third kappa shape index (κ3) is 3.93. The molecule has 0 saturated carbocycles. The molecule has 1 aromatic heterocycles. The van der Waals surface area contributed by atoms with Crippen LogP contribution < -0.4 is 10.1 Å². The summed E-state index contributed by atoms with van der Waals surface area (Å²) in [6.07, 6.45) is 2.78. The number of hydrogen-bond acceptors (Lipinski definition) is 7. The number of nitrogens with one attached hydrogen (secondary N) is 1. The Hall–Kier alpha value is -2.71. The number of likely N-dealkylation sites (tertiary alicyclic amines) is 1. The number of nitrogens with zero attached hydrogens (tertiary/aromatic N) is 3. The van der Waals surface area contributed by atoms with E-state index < -0.39 is 5.79 Å². The summed E-state index contributed by atoms with van der Waals surface area (Å²) in [6, 6.07) is 9.46. The van der Waals surface area contributed by atoms with E-state index in [9.17, 15) is 4.79 Å². The highest BCUT2D eigenvalue weighted by Crippen LogP contribution is 2.31. The molecule has 8 nitrogen and oxygen atoms in total. The number of anilines is 1. The van der Waals surface area contributed by atoms with E-state index in [1.165, 1.54) is 6.33 Å². The molecule has 1 amide bonds. The molecule has 4 rings (SSSR count). The highest BCUT2D eigenvalue weighted by atomic mass is 16.7. The quantitative estimate of drug-likeness (QED) is 0.845. The standard InChI is InChI=1S/C20H24N4O4/c1-26-17-5-3-2-4-15(17)13-21-18-12-16(22-14-23-18)19(25)24-8-6-20(7-9-24)27-10-11-28-20/h2-5,12,14H,6-11,13H2,1H3,(H,21,22,23). The molecule has 3 heterocycles. The number of piperidine rings is 1. The van der Waals surface area contributed by atoms with E-state index in [4.69, 9.17) is 14.2 Å². The number of carbonyl (C=O) groups excluding carboxylic acids is 1. The van der Waals surface area contributed by atoms with Crippen LogP contribution in [0.2, 0.25) is 0 Å². The van der Waals surface area contributed by atoms with Gasteiger partial charge in [-0.3, -0.25) is 4.79 Å². The smallest absolute Gasteiger partial charge is 0.272 e. The Morgan fingerprint density at radius 3 is 2.71 bits per heavy atom. The number of carbonyl (C=O) groups is 1. The topological polar surface area (TPSA) is 85.8 Å². The van der Waals surface area contributed by atoms with Gasteiger partial charge >= 0.3 is 0 Å². The van der Waals surface area contributed by atoms with Gasteiger partial charge in [0.1, 0.15) is 23.6 Å². The van der Waals surface area contributed by atoms with Crippen molar-refractivity contribution >= 4 is 11.7 Å². The SMILES string of the molecule is COc1ccccc1CNc1cc(C(=O)N2CCC3(CC2)OCCO3)ncn1. The van der Waals surface area contributed by atoms with Gasteiger partial charge in [-0.05, 0) is 6.07 Å². The number of ether oxygens (including phenoxy) is 3. The van der Waals surface area contributed by atoms with Gasteiger partial charge in [-0.2, -0.15) is 0 Å². The highest BCUT2D eigenvalue weighted by Gasteiger charge is 2.41. The van der Waals surface area contributed by atoms with Crippen molar-refractivity contribution in [3.05, 3.63) is 47.9 Å². The maximum atomic E-state index is 12.8. The third-order valence-electron chi connectivity index (χ3n) is 5.16. The first-order chi connectivity index (χ1) is 13.7. The summed E-state index contributed by atoms with van der Waals surface area (Å²) in [7, 11) is 1.64. The largest absolute Gasteiger partial charge is 0.496 e. The molecule has 2 fully saturated rings. The molecule has 0 atom stereocenters. The molecule has 0 aliphatic carbocycles. The van der Waals surface area contributed by atoms with Gasteiger partial charge in [0.15, 0.2) is 5.79 Å². The number of benzene rings is 1. The van der Waals surface area contributed by atoms with E-state index >= 15 is 0 Å². The van der Waals surface area contributed by atoms with E-state index in [0.717, 1.165) is 11.3 Å². The summed E-state index contributed by atoms with van der Waals surface area (Å²) in [5.41, 5.74) is 1.39. The van der Waals surface area contributed by atoms with Crippen molar-refractivity contribution in [2.75, 3.05) is 38.7 Å². The van der Waals surface area contributed by atoms with Crippen molar-refractivity contribution in [3.63, 3.8) is 0 Å². The summed E-state index contributed by atoms with van der Waals surface area (Å²) in [5.74, 6) is 0.805. The minimum absolute atomic E-state index is 0.101. The lowest BCUT2D eigenvalue weighted by molar-refractivity contribution is -0.181. The lowest BCUT2D eigenvalue weighted by Crippen LogP contribution is -2.47. The highest BCUT2D eigenvalue weighted by molar-refractivity contribution is 5.93. The first-order valence-electron chi connectivity index (χ1n) is 9.44. The monoisotopic (exact) mass is 384 g/mol. The van der Waals surface area contributed by atoms with Crippen molar-refractivity contribution in [2.45, 2.75) is 25.2 Å². The molecule has 2 aliphatic heterocycles. The van der Waals surface area contributed by atoms with E-state index in [-0.39, 0.29) is 5.91 Å². The summed E-state index contributed by atoms with van der Waals surface area (Å²) >= 11 is 0.